The molecule has 19 heavy (non-hydrogen) atoms. The van der Waals surface area contributed by atoms with Crippen LogP contribution in [0.2, 0.25) is 0 Å². The number of hydrogen-bond donors (Lipinski definition) is 2. The molecule has 0 aromatic carbocycles. The van der Waals surface area contributed by atoms with Crippen LogP contribution >= 0.6 is 0 Å². The molecule has 1 fully saturated rings. The van der Waals surface area contributed by atoms with Gasteiger partial charge in [-0.05, 0) is 13.1 Å². The quantitative estimate of drug-likeness (QED) is 0.785. The molecule has 2 rings (SSSR count). The molecule has 0 saturated carbocycles. The van der Waals surface area contributed by atoms with E-state index in [1.807, 2.05) is 7.05 Å². The van der Waals surface area contributed by atoms with Gasteiger partial charge in [-0.15, -0.1) is 0 Å². The number of carbonyl (C=O) groups excluding carboxylic acids is 1. The molecular weight excluding hydrogens is 246 g/mol. The second kappa shape index (κ2) is 6.49. The van der Waals surface area contributed by atoms with Gasteiger partial charge in [-0.1, -0.05) is 6.07 Å². The van der Waals surface area contributed by atoms with Crippen molar-refractivity contribution in [2.75, 3.05) is 39.9 Å². The van der Waals surface area contributed by atoms with E-state index in [1.54, 1.807) is 12.1 Å². The lowest BCUT2D eigenvalue weighted by molar-refractivity contribution is 0.0916. The van der Waals surface area contributed by atoms with E-state index >= 15 is 0 Å². The van der Waals surface area contributed by atoms with Crippen LogP contribution in [0.3, 0.4) is 0 Å². The number of carbonyl (C=O) groups is 1. The van der Waals surface area contributed by atoms with Gasteiger partial charge in [-0.2, -0.15) is 0 Å². The van der Waals surface area contributed by atoms with Crippen molar-refractivity contribution < 1.29 is 9.53 Å². The number of aromatic amines is 1. The van der Waals surface area contributed by atoms with Gasteiger partial charge in [0.05, 0.1) is 13.2 Å². The van der Waals surface area contributed by atoms with Gasteiger partial charge in [0.1, 0.15) is 5.69 Å². The summed E-state index contributed by atoms with van der Waals surface area (Å²) >= 11 is 0. The monoisotopic (exact) mass is 265 g/mol. The number of H-pyrrole nitrogens is 1. The second-order valence-electron chi connectivity index (χ2n) is 4.84. The highest BCUT2D eigenvalue weighted by Crippen LogP contribution is 2.04. The standard InChI is InChI=1S/C13H19N3O3/c1-16-5-6-19-9-10(8-16)7-14-13(18)11-3-2-4-12(17)15-11/h2-4,10H,5-9H2,1H3,(H,14,18)(H,15,17). The first-order valence-electron chi connectivity index (χ1n) is 6.39. The maximum absolute atomic E-state index is 11.9. The maximum atomic E-state index is 11.9. The first-order valence-corrected chi connectivity index (χ1v) is 6.39. The van der Waals surface area contributed by atoms with E-state index in [-0.39, 0.29) is 23.1 Å². The summed E-state index contributed by atoms with van der Waals surface area (Å²) in [5, 5.41) is 2.83. The van der Waals surface area contributed by atoms with Gasteiger partial charge in [-0.25, -0.2) is 0 Å². The lowest BCUT2D eigenvalue weighted by atomic mass is 10.1. The van der Waals surface area contributed by atoms with E-state index in [1.165, 1.54) is 6.07 Å². The highest BCUT2D eigenvalue weighted by molar-refractivity contribution is 5.92. The molecule has 2 N–H and O–H groups in total. The summed E-state index contributed by atoms with van der Waals surface area (Å²) in [7, 11) is 2.04. The summed E-state index contributed by atoms with van der Waals surface area (Å²) in [5.41, 5.74) is 0.0144. The predicted octanol–water partition coefficient (Wildman–Crippen LogP) is -0.317. The Morgan fingerprint density at radius 3 is 3.21 bits per heavy atom. The van der Waals surface area contributed by atoms with Crippen molar-refractivity contribution in [2.24, 2.45) is 5.92 Å². The highest BCUT2D eigenvalue weighted by Gasteiger charge is 2.17. The number of rotatable bonds is 3. The number of ether oxygens (including phenoxy) is 1. The highest BCUT2D eigenvalue weighted by atomic mass is 16.5. The van der Waals surface area contributed by atoms with Gasteiger partial charge < -0.3 is 19.9 Å². The molecule has 1 aromatic heterocycles. The van der Waals surface area contributed by atoms with Crippen LogP contribution in [0.25, 0.3) is 0 Å². The molecule has 0 aliphatic carbocycles. The summed E-state index contributed by atoms with van der Waals surface area (Å²) < 4.78 is 5.48. The van der Waals surface area contributed by atoms with Crippen LogP contribution in [0.15, 0.2) is 23.0 Å². The number of nitrogens with one attached hydrogen (secondary N) is 2. The lowest BCUT2D eigenvalue weighted by Gasteiger charge is -2.19. The molecule has 0 radical (unpaired) electrons. The molecule has 1 aliphatic heterocycles. The van der Waals surface area contributed by atoms with Crippen molar-refractivity contribution in [1.29, 1.82) is 0 Å². The number of aromatic nitrogens is 1. The van der Waals surface area contributed by atoms with Crippen molar-refractivity contribution in [3.63, 3.8) is 0 Å². The van der Waals surface area contributed by atoms with Gasteiger partial charge >= 0.3 is 0 Å². The van der Waals surface area contributed by atoms with Crippen LogP contribution < -0.4 is 10.9 Å². The zero-order valence-electron chi connectivity index (χ0n) is 11.0. The molecule has 1 atom stereocenters. The third-order valence-electron chi connectivity index (χ3n) is 3.11. The third kappa shape index (κ3) is 4.18. The number of amides is 1. The van der Waals surface area contributed by atoms with Gasteiger partial charge in [-0.3, -0.25) is 9.59 Å². The topological polar surface area (TPSA) is 74.4 Å². The number of likely N-dealkylation sites (N-methyl/N-ethyl adjacent to an activating group) is 1. The SMILES string of the molecule is CN1CCOCC(CNC(=O)c2cccc(=O)[nH]2)C1. The number of hydrogen-bond acceptors (Lipinski definition) is 4. The largest absolute Gasteiger partial charge is 0.380 e. The number of pyridine rings is 1. The Morgan fingerprint density at radius 1 is 1.58 bits per heavy atom. The fraction of sp³-hybridized carbons (Fsp3) is 0.538. The average molecular weight is 265 g/mol. The fourth-order valence-corrected chi connectivity index (χ4v) is 2.09. The molecule has 1 amide bonds. The normalized spacial score (nSPS) is 20.8. The average Bonchev–Trinajstić information content (AvgIpc) is 2.60. The second-order valence-corrected chi connectivity index (χ2v) is 4.84. The molecule has 6 nitrogen and oxygen atoms in total. The van der Waals surface area contributed by atoms with E-state index in [0.717, 1.165) is 19.7 Å². The Morgan fingerprint density at radius 2 is 2.42 bits per heavy atom. The van der Waals surface area contributed by atoms with Crippen molar-refractivity contribution in [3.8, 4) is 0 Å². The minimum atomic E-state index is -0.273. The van der Waals surface area contributed by atoms with Crippen LogP contribution in [0, 0.1) is 5.92 Å². The fourth-order valence-electron chi connectivity index (χ4n) is 2.09. The van der Waals surface area contributed by atoms with Crippen LogP contribution in [0.1, 0.15) is 10.5 Å². The van der Waals surface area contributed by atoms with Crippen molar-refractivity contribution in [2.45, 2.75) is 0 Å². The molecule has 0 bridgehead atoms. The van der Waals surface area contributed by atoms with Gasteiger partial charge in [0.25, 0.3) is 5.91 Å². The predicted molar refractivity (Wildman–Crippen MR) is 71.2 cm³/mol. The van der Waals surface area contributed by atoms with E-state index in [2.05, 4.69) is 15.2 Å². The van der Waals surface area contributed by atoms with E-state index in [0.29, 0.717) is 13.2 Å². The summed E-state index contributed by atoms with van der Waals surface area (Å²) in [5.74, 6) is 0.0106. The lowest BCUT2D eigenvalue weighted by Crippen LogP contribution is -2.36. The molecule has 2 heterocycles. The Labute approximate surface area is 111 Å². The smallest absolute Gasteiger partial charge is 0.267 e. The van der Waals surface area contributed by atoms with Crippen LogP contribution in [-0.2, 0) is 4.74 Å². The van der Waals surface area contributed by atoms with Gasteiger partial charge in [0, 0.05) is 31.6 Å². The first kappa shape index (κ1) is 13.8. The zero-order valence-corrected chi connectivity index (χ0v) is 11.0. The first-order chi connectivity index (χ1) is 9.15. The zero-order chi connectivity index (χ0) is 13.7. The minimum Gasteiger partial charge on any atom is -0.380 e. The molecule has 6 heteroatoms. The Hall–Kier alpha value is -1.66. The molecule has 104 valence electrons. The number of nitrogens with zero attached hydrogens (tertiary/aromatic N) is 1. The Balaban J connectivity index is 1.87. The van der Waals surface area contributed by atoms with Gasteiger partial charge in [0.2, 0.25) is 5.56 Å². The van der Waals surface area contributed by atoms with Crippen LogP contribution in [-0.4, -0.2) is 55.7 Å². The van der Waals surface area contributed by atoms with E-state index in [4.69, 9.17) is 4.74 Å². The summed E-state index contributed by atoms with van der Waals surface area (Å²) in [4.78, 5) is 27.7. The van der Waals surface area contributed by atoms with Crippen LogP contribution in [0.4, 0.5) is 0 Å². The molecule has 1 unspecified atom stereocenters. The summed E-state index contributed by atoms with van der Waals surface area (Å²) in [6.45, 7) is 3.73. The summed E-state index contributed by atoms with van der Waals surface area (Å²) in [6, 6.07) is 4.54. The van der Waals surface area contributed by atoms with Crippen LogP contribution in [0.5, 0.6) is 0 Å². The van der Waals surface area contributed by atoms with Crippen molar-refractivity contribution in [1.82, 2.24) is 15.2 Å². The maximum Gasteiger partial charge on any atom is 0.267 e. The van der Waals surface area contributed by atoms with Crippen molar-refractivity contribution in [3.05, 3.63) is 34.2 Å². The van der Waals surface area contributed by atoms with Gasteiger partial charge in [0.15, 0.2) is 0 Å². The Bertz CT molecular complexity index is 486. The molecule has 1 saturated heterocycles. The van der Waals surface area contributed by atoms with E-state index in [9.17, 15) is 9.59 Å². The molecule has 1 aromatic rings. The Kier molecular flexibility index (Phi) is 4.70. The minimum absolute atomic E-state index is 0.260. The molecular formula is C13H19N3O3. The summed E-state index contributed by atoms with van der Waals surface area (Å²) in [6.07, 6.45) is 0. The van der Waals surface area contributed by atoms with Crippen molar-refractivity contribution >= 4 is 5.91 Å². The van der Waals surface area contributed by atoms with E-state index < -0.39 is 0 Å². The molecule has 0 spiro atoms. The molecule has 1 aliphatic rings. The third-order valence-corrected chi connectivity index (χ3v) is 3.11.